The van der Waals surface area contributed by atoms with Gasteiger partial charge in [-0.15, -0.1) is 11.8 Å². The fourth-order valence-electron chi connectivity index (χ4n) is 2.50. The lowest BCUT2D eigenvalue weighted by atomic mass is 9.80. The van der Waals surface area contributed by atoms with Crippen LogP contribution in [0.4, 0.5) is 4.79 Å². The van der Waals surface area contributed by atoms with E-state index in [1.165, 1.54) is 4.90 Å². The van der Waals surface area contributed by atoms with Gasteiger partial charge in [0.15, 0.2) is 0 Å². The highest BCUT2D eigenvalue weighted by atomic mass is 32.2. The van der Waals surface area contributed by atoms with Crippen molar-refractivity contribution in [1.82, 2.24) is 10.6 Å². The Balaban J connectivity index is 1.41. The molecule has 0 atom stereocenters. The number of hydrogen-bond acceptors (Lipinski definition) is 3. The molecule has 0 heterocycles. The van der Waals surface area contributed by atoms with Crippen molar-refractivity contribution in [3.8, 4) is 0 Å². The van der Waals surface area contributed by atoms with E-state index >= 15 is 0 Å². The second-order valence-electron chi connectivity index (χ2n) is 6.21. The molecule has 2 amide bonds. The first-order valence-electron chi connectivity index (χ1n) is 7.58. The van der Waals surface area contributed by atoms with E-state index in [1.54, 1.807) is 0 Å². The van der Waals surface area contributed by atoms with Crippen LogP contribution >= 0.6 is 11.8 Å². The molecule has 1 aromatic rings. The molecule has 5 heteroatoms. The quantitative estimate of drug-likeness (QED) is 0.757. The van der Waals surface area contributed by atoms with E-state index in [4.69, 9.17) is 0 Å². The van der Waals surface area contributed by atoms with Crippen molar-refractivity contribution in [2.24, 2.45) is 0 Å². The summed E-state index contributed by atoms with van der Waals surface area (Å²) in [5.41, 5.74) is -0.659. The first-order chi connectivity index (χ1) is 10.1. The van der Waals surface area contributed by atoms with Crippen LogP contribution in [0.1, 0.15) is 32.1 Å². The van der Waals surface area contributed by atoms with E-state index in [9.17, 15) is 9.90 Å². The number of nitrogens with one attached hydrogen (secondary N) is 2. The van der Waals surface area contributed by atoms with E-state index in [-0.39, 0.29) is 10.8 Å². The number of benzene rings is 1. The van der Waals surface area contributed by atoms with Crippen molar-refractivity contribution in [2.45, 2.75) is 47.3 Å². The summed E-state index contributed by atoms with van der Waals surface area (Å²) in [5, 5.41) is 15.7. The van der Waals surface area contributed by atoms with Gasteiger partial charge in [0.1, 0.15) is 0 Å². The van der Waals surface area contributed by atoms with Crippen molar-refractivity contribution in [1.29, 1.82) is 0 Å². The molecule has 21 heavy (non-hydrogen) atoms. The zero-order chi connectivity index (χ0) is 14.8. The van der Waals surface area contributed by atoms with Gasteiger partial charge in [-0.25, -0.2) is 4.79 Å². The van der Waals surface area contributed by atoms with Crippen LogP contribution in [0.3, 0.4) is 0 Å². The smallest absolute Gasteiger partial charge is 0.314 e. The summed E-state index contributed by atoms with van der Waals surface area (Å²) >= 11 is 1.85. The maximum atomic E-state index is 11.8. The normalized spacial score (nSPS) is 21.2. The number of aliphatic hydroxyl groups is 1. The molecule has 0 unspecified atom stereocenters. The number of amides is 2. The Labute approximate surface area is 129 Å². The van der Waals surface area contributed by atoms with Crippen LogP contribution in [0.15, 0.2) is 35.2 Å². The summed E-state index contributed by atoms with van der Waals surface area (Å²) in [6.45, 7) is 1.04. The second-order valence-corrected chi connectivity index (χ2v) is 7.75. The predicted molar refractivity (Wildman–Crippen MR) is 84.5 cm³/mol. The first-order valence-corrected chi connectivity index (χ1v) is 8.39. The highest BCUT2D eigenvalue weighted by molar-refractivity contribution is 8.01. The van der Waals surface area contributed by atoms with Gasteiger partial charge < -0.3 is 15.7 Å². The van der Waals surface area contributed by atoms with Gasteiger partial charge in [0, 0.05) is 22.7 Å². The third-order valence-electron chi connectivity index (χ3n) is 4.32. The molecule has 2 fully saturated rings. The summed E-state index contributed by atoms with van der Waals surface area (Å²) in [5.74, 6) is 0. The Hall–Kier alpha value is -1.20. The van der Waals surface area contributed by atoms with Crippen LogP contribution in [0.25, 0.3) is 0 Å². The van der Waals surface area contributed by atoms with E-state index in [0.717, 1.165) is 32.1 Å². The zero-order valence-corrected chi connectivity index (χ0v) is 12.9. The molecule has 2 saturated carbocycles. The Morgan fingerprint density at radius 2 is 1.76 bits per heavy atom. The summed E-state index contributed by atoms with van der Waals surface area (Å²) in [4.78, 5) is 13.1. The molecule has 0 bridgehead atoms. The minimum Gasteiger partial charge on any atom is -0.388 e. The number of rotatable bonds is 6. The van der Waals surface area contributed by atoms with Gasteiger partial charge in [-0.05, 0) is 44.2 Å². The molecule has 0 spiro atoms. The average Bonchev–Trinajstić information content (AvgIpc) is 3.22. The van der Waals surface area contributed by atoms with E-state index < -0.39 is 5.60 Å². The molecule has 2 aliphatic carbocycles. The molecule has 114 valence electrons. The van der Waals surface area contributed by atoms with Crippen LogP contribution in [0, 0.1) is 0 Å². The standard InChI is InChI=1S/C16H22N2O2S/c19-14(17-11-15(20)7-4-8-15)18-12-16(9-10-16)21-13-5-2-1-3-6-13/h1-3,5-6,20H,4,7-12H2,(H2,17,18,19). The van der Waals surface area contributed by atoms with Gasteiger partial charge in [-0.1, -0.05) is 18.2 Å². The van der Waals surface area contributed by atoms with E-state index in [0.29, 0.717) is 13.1 Å². The van der Waals surface area contributed by atoms with Gasteiger partial charge in [0.25, 0.3) is 0 Å². The topological polar surface area (TPSA) is 61.4 Å². The number of hydrogen-bond donors (Lipinski definition) is 3. The fourth-order valence-corrected chi connectivity index (χ4v) is 3.75. The third kappa shape index (κ3) is 3.92. The van der Waals surface area contributed by atoms with Gasteiger partial charge >= 0.3 is 6.03 Å². The van der Waals surface area contributed by atoms with Crippen molar-refractivity contribution in [3.63, 3.8) is 0 Å². The maximum Gasteiger partial charge on any atom is 0.314 e. The van der Waals surface area contributed by atoms with Crippen LogP contribution < -0.4 is 10.6 Å². The van der Waals surface area contributed by atoms with Crippen LogP contribution in [-0.2, 0) is 0 Å². The molecule has 4 nitrogen and oxygen atoms in total. The Morgan fingerprint density at radius 1 is 1.10 bits per heavy atom. The minimum absolute atomic E-state index is 0.159. The van der Waals surface area contributed by atoms with Crippen molar-refractivity contribution in [2.75, 3.05) is 13.1 Å². The van der Waals surface area contributed by atoms with Crippen molar-refractivity contribution in [3.05, 3.63) is 30.3 Å². The van der Waals surface area contributed by atoms with Crippen molar-refractivity contribution >= 4 is 17.8 Å². The minimum atomic E-state index is -0.659. The number of thioether (sulfide) groups is 1. The highest BCUT2D eigenvalue weighted by Crippen LogP contribution is 2.51. The molecule has 0 aliphatic heterocycles. The Bertz CT molecular complexity index is 498. The predicted octanol–water partition coefficient (Wildman–Crippen LogP) is 2.53. The number of urea groups is 1. The van der Waals surface area contributed by atoms with Gasteiger partial charge in [0.2, 0.25) is 0 Å². The highest BCUT2D eigenvalue weighted by Gasteiger charge is 2.44. The molecular formula is C16H22N2O2S. The molecule has 3 rings (SSSR count). The molecule has 1 aromatic carbocycles. The lowest BCUT2D eigenvalue weighted by Gasteiger charge is -2.36. The number of carbonyl (C=O) groups excluding carboxylic acids is 1. The average molecular weight is 306 g/mol. The molecule has 0 aromatic heterocycles. The molecule has 0 saturated heterocycles. The van der Waals surface area contributed by atoms with Gasteiger partial charge in [-0.2, -0.15) is 0 Å². The van der Waals surface area contributed by atoms with Gasteiger partial charge in [0.05, 0.1) is 5.60 Å². The van der Waals surface area contributed by atoms with Gasteiger partial charge in [-0.3, -0.25) is 0 Å². The van der Waals surface area contributed by atoms with Crippen LogP contribution in [-0.4, -0.2) is 34.6 Å². The van der Waals surface area contributed by atoms with Crippen molar-refractivity contribution < 1.29 is 9.90 Å². The SMILES string of the molecule is O=C(NCC1(O)CCC1)NCC1(Sc2ccccc2)CC1. The van der Waals surface area contributed by atoms with Crippen LogP contribution in [0.5, 0.6) is 0 Å². The Morgan fingerprint density at radius 3 is 2.33 bits per heavy atom. The summed E-state index contributed by atoms with van der Waals surface area (Å²) in [7, 11) is 0. The molecule has 2 aliphatic rings. The first kappa shape index (κ1) is 14.7. The molecular weight excluding hydrogens is 284 g/mol. The Kier molecular flexibility index (Phi) is 4.13. The number of carbonyl (C=O) groups is 1. The van der Waals surface area contributed by atoms with Crippen LogP contribution in [0.2, 0.25) is 0 Å². The lowest BCUT2D eigenvalue weighted by molar-refractivity contribution is -0.0290. The molecule has 0 radical (unpaired) electrons. The van der Waals surface area contributed by atoms with E-state index in [1.807, 2.05) is 30.0 Å². The lowest BCUT2D eigenvalue weighted by Crippen LogP contribution is -2.50. The second kappa shape index (κ2) is 5.89. The largest absolute Gasteiger partial charge is 0.388 e. The van der Waals surface area contributed by atoms with E-state index in [2.05, 4.69) is 22.8 Å². The third-order valence-corrected chi connectivity index (χ3v) is 5.81. The fraction of sp³-hybridized carbons (Fsp3) is 0.562. The monoisotopic (exact) mass is 306 g/mol. The summed E-state index contributed by atoms with van der Waals surface area (Å²) in [6.07, 6.45) is 4.91. The summed E-state index contributed by atoms with van der Waals surface area (Å²) in [6, 6.07) is 10.1. The summed E-state index contributed by atoms with van der Waals surface area (Å²) < 4.78 is 0.159. The zero-order valence-electron chi connectivity index (χ0n) is 12.1. The molecule has 3 N–H and O–H groups in total. The maximum absolute atomic E-state index is 11.8.